The zero-order valence-corrected chi connectivity index (χ0v) is 11.4. The van der Waals surface area contributed by atoms with Gasteiger partial charge in [-0.25, -0.2) is 4.98 Å². The maximum Gasteiger partial charge on any atom is 0.252 e. The van der Waals surface area contributed by atoms with Crippen LogP contribution in [0.3, 0.4) is 0 Å². The molecule has 3 rings (SSSR count). The lowest BCUT2D eigenvalue weighted by Crippen LogP contribution is -2.08. The van der Waals surface area contributed by atoms with Gasteiger partial charge < -0.3 is 0 Å². The highest BCUT2D eigenvalue weighted by molar-refractivity contribution is 6.30. The molecule has 3 aromatic rings. The minimum atomic E-state index is -0.473. The van der Waals surface area contributed by atoms with Crippen molar-refractivity contribution in [1.29, 1.82) is 5.26 Å². The molecule has 1 atom stereocenters. The van der Waals surface area contributed by atoms with Gasteiger partial charge in [-0.05, 0) is 30.7 Å². The first-order valence-electron chi connectivity index (χ1n) is 6.01. The number of benzene rings is 1. The summed E-state index contributed by atoms with van der Waals surface area (Å²) < 4.78 is 1.59. The average molecular weight is 284 g/mol. The number of rotatable bonds is 2. The number of halogens is 1. The van der Waals surface area contributed by atoms with E-state index in [1.165, 1.54) is 6.33 Å². The quantitative estimate of drug-likeness (QED) is 0.725. The SMILES string of the molecule is Cc1cc([C@H](C#N)c2cccc(Cl)c2)n2ncnc2n1. The van der Waals surface area contributed by atoms with Gasteiger partial charge in [0.2, 0.25) is 0 Å². The van der Waals surface area contributed by atoms with E-state index in [1.54, 1.807) is 16.6 Å². The van der Waals surface area contributed by atoms with E-state index in [1.807, 2.05) is 25.1 Å². The maximum absolute atomic E-state index is 9.54. The van der Waals surface area contributed by atoms with Gasteiger partial charge in [0, 0.05) is 10.7 Å². The lowest BCUT2D eigenvalue weighted by molar-refractivity contribution is 0.818. The summed E-state index contributed by atoms with van der Waals surface area (Å²) in [7, 11) is 0. The van der Waals surface area contributed by atoms with Crippen LogP contribution in [0.5, 0.6) is 0 Å². The van der Waals surface area contributed by atoms with Crippen molar-refractivity contribution in [2.75, 3.05) is 0 Å². The van der Waals surface area contributed by atoms with Crippen LogP contribution in [-0.4, -0.2) is 19.6 Å². The summed E-state index contributed by atoms with van der Waals surface area (Å²) in [6.45, 7) is 1.87. The minimum absolute atomic E-state index is 0.473. The van der Waals surface area contributed by atoms with Gasteiger partial charge in [0.25, 0.3) is 5.78 Å². The Morgan fingerprint density at radius 2 is 2.20 bits per heavy atom. The molecule has 98 valence electrons. The van der Waals surface area contributed by atoms with Crippen LogP contribution in [0.2, 0.25) is 5.02 Å². The number of aryl methyl sites for hydroxylation is 1. The van der Waals surface area contributed by atoms with Crippen LogP contribution in [0.15, 0.2) is 36.7 Å². The lowest BCUT2D eigenvalue weighted by atomic mass is 9.96. The van der Waals surface area contributed by atoms with Crippen LogP contribution in [0.25, 0.3) is 5.78 Å². The molecule has 20 heavy (non-hydrogen) atoms. The standard InChI is InChI=1S/C14H10ClN5/c1-9-5-13(20-14(19-9)17-8-18-20)12(7-16)10-3-2-4-11(15)6-10/h2-6,8,12H,1H3/t12-/m1/s1. The zero-order valence-electron chi connectivity index (χ0n) is 10.7. The highest BCUT2D eigenvalue weighted by atomic mass is 35.5. The Kier molecular flexibility index (Phi) is 3.09. The van der Waals surface area contributed by atoms with Gasteiger partial charge in [0.05, 0.1) is 11.8 Å². The van der Waals surface area contributed by atoms with Gasteiger partial charge in [0.15, 0.2) is 0 Å². The van der Waals surface area contributed by atoms with Crippen molar-refractivity contribution >= 4 is 17.4 Å². The Bertz CT molecular complexity index is 818. The largest absolute Gasteiger partial charge is 0.252 e. The molecule has 2 heterocycles. The fraction of sp³-hybridized carbons (Fsp3) is 0.143. The van der Waals surface area contributed by atoms with Crippen molar-refractivity contribution in [3.8, 4) is 6.07 Å². The van der Waals surface area contributed by atoms with Crippen LogP contribution in [0.1, 0.15) is 22.9 Å². The first kappa shape index (κ1) is 12.6. The van der Waals surface area contributed by atoms with Gasteiger partial charge in [-0.15, -0.1) is 0 Å². The lowest BCUT2D eigenvalue weighted by Gasteiger charge is -2.12. The Balaban J connectivity index is 2.22. The first-order chi connectivity index (χ1) is 9.69. The summed E-state index contributed by atoms with van der Waals surface area (Å²) in [5.41, 5.74) is 2.35. The van der Waals surface area contributed by atoms with Gasteiger partial charge >= 0.3 is 0 Å². The van der Waals surface area contributed by atoms with Gasteiger partial charge in [-0.1, -0.05) is 23.7 Å². The number of nitrogens with zero attached hydrogens (tertiary/aromatic N) is 5. The molecule has 0 N–H and O–H groups in total. The molecule has 0 amide bonds. The van der Waals surface area contributed by atoms with Crippen molar-refractivity contribution in [2.45, 2.75) is 12.8 Å². The van der Waals surface area contributed by atoms with E-state index in [2.05, 4.69) is 21.1 Å². The summed E-state index contributed by atoms with van der Waals surface area (Å²) in [5, 5.41) is 14.3. The molecule has 0 saturated heterocycles. The van der Waals surface area contributed by atoms with E-state index in [4.69, 9.17) is 11.6 Å². The molecular formula is C14H10ClN5. The van der Waals surface area contributed by atoms with Gasteiger partial charge in [-0.3, -0.25) is 0 Å². The third-order valence-corrected chi connectivity index (χ3v) is 3.25. The summed E-state index contributed by atoms with van der Waals surface area (Å²) in [4.78, 5) is 8.35. The topological polar surface area (TPSA) is 66.9 Å². The Morgan fingerprint density at radius 3 is 2.95 bits per heavy atom. The Morgan fingerprint density at radius 1 is 1.35 bits per heavy atom. The van der Waals surface area contributed by atoms with Gasteiger partial charge in [-0.2, -0.15) is 19.9 Å². The van der Waals surface area contributed by atoms with Crippen LogP contribution in [-0.2, 0) is 0 Å². The monoisotopic (exact) mass is 283 g/mol. The molecule has 0 saturated carbocycles. The third-order valence-electron chi connectivity index (χ3n) is 3.01. The normalized spacial score (nSPS) is 12.2. The Labute approximate surface area is 120 Å². The van der Waals surface area contributed by atoms with Crippen molar-refractivity contribution in [3.05, 3.63) is 58.6 Å². The highest BCUT2D eigenvalue weighted by Gasteiger charge is 2.19. The van der Waals surface area contributed by atoms with E-state index in [0.717, 1.165) is 17.0 Å². The van der Waals surface area contributed by atoms with Crippen molar-refractivity contribution in [1.82, 2.24) is 19.6 Å². The number of fused-ring (bicyclic) bond motifs is 1. The number of hydrogen-bond donors (Lipinski definition) is 0. The summed E-state index contributed by atoms with van der Waals surface area (Å²) >= 11 is 6.01. The second-order valence-electron chi connectivity index (χ2n) is 4.41. The van der Waals surface area contributed by atoms with E-state index < -0.39 is 5.92 Å². The van der Waals surface area contributed by atoms with E-state index >= 15 is 0 Å². The van der Waals surface area contributed by atoms with Crippen molar-refractivity contribution < 1.29 is 0 Å². The smallest absolute Gasteiger partial charge is 0.216 e. The number of nitriles is 1. The minimum Gasteiger partial charge on any atom is -0.216 e. The molecule has 0 fully saturated rings. The molecule has 0 aliphatic rings. The molecule has 2 aromatic heterocycles. The van der Waals surface area contributed by atoms with E-state index in [-0.39, 0.29) is 0 Å². The molecule has 0 aliphatic heterocycles. The molecule has 6 heteroatoms. The maximum atomic E-state index is 9.54. The summed E-state index contributed by atoms with van der Waals surface area (Å²) in [6.07, 6.45) is 1.43. The summed E-state index contributed by atoms with van der Waals surface area (Å²) in [5.74, 6) is 0.0156. The Hall–Kier alpha value is -2.45. The molecule has 0 radical (unpaired) electrons. The summed E-state index contributed by atoms with van der Waals surface area (Å²) in [6, 6.07) is 11.4. The number of hydrogen-bond acceptors (Lipinski definition) is 4. The van der Waals surface area contributed by atoms with Crippen molar-refractivity contribution in [2.24, 2.45) is 0 Å². The van der Waals surface area contributed by atoms with E-state index in [9.17, 15) is 5.26 Å². The van der Waals surface area contributed by atoms with Crippen LogP contribution >= 0.6 is 11.6 Å². The number of aromatic nitrogens is 4. The third kappa shape index (κ3) is 2.10. The molecule has 0 unspecified atom stereocenters. The second kappa shape index (κ2) is 4.91. The fourth-order valence-electron chi connectivity index (χ4n) is 2.16. The predicted molar refractivity (Wildman–Crippen MR) is 74.4 cm³/mol. The molecule has 0 spiro atoms. The average Bonchev–Trinajstić information content (AvgIpc) is 2.87. The highest BCUT2D eigenvalue weighted by Crippen LogP contribution is 2.26. The fourth-order valence-corrected chi connectivity index (χ4v) is 2.36. The first-order valence-corrected chi connectivity index (χ1v) is 6.39. The van der Waals surface area contributed by atoms with Crippen LogP contribution < -0.4 is 0 Å². The van der Waals surface area contributed by atoms with Crippen LogP contribution in [0, 0.1) is 18.3 Å². The molecule has 0 aliphatic carbocycles. The van der Waals surface area contributed by atoms with E-state index in [0.29, 0.717) is 10.8 Å². The van der Waals surface area contributed by atoms with Crippen LogP contribution in [0.4, 0.5) is 0 Å². The zero-order chi connectivity index (χ0) is 14.1. The molecule has 5 nitrogen and oxygen atoms in total. The molecule has 0 bridgehead atoms. The second-order valence-corrected chi connectivity index (χ2v) is 4.85. The van der Waals surface area contributed by atoms with Crippen molar-refractivity contribution in [3.63, 3.8) is 0 Å². The molecule has 1 aromatic carbocycles. The van der Waals surface area contributed by atoms with Gasteiger partial charge in [0.1, 0.15) is 12.2 Å². The molecular weight excluding hydrogens is 274 g/mol. The predicted octanol–water partition coefficient (Wildman–Crippen LogP) is 2.74.